The van der Waals surface area contributed by atoms with E-state index in [0.29, 0.717) is 5.16 Å². The van der Waals surface area contributed by atoms with Crippen molar-refractivity contribution in [3.8, 4) is 10.7 Å². The van der Waals surface area contributed by atoms with E-state index >= 15 is 0 Å². The minimum Gasteiger partial charge on any atom is -0.481 e. The number of carboxylic acids is 1. The number of aromatic nitrogens is 3. The average Bonchev–Trinajstić information content (AvgIpc) is 2.94. The Labute approximate surface area is 112 Å². The first-order valence-corrected chi connectivity index (χ1v) is 6.97. The van der Waals surface area contributed by atoms with Crippen molar-refractivity contribution >= 4 is 29.1 Å². The molecule has 0 fully saturated rings. The molecular weight excluding hydrogens is 272 g/mol. The molecule has 0 saturated carbocycles. The van der Waals surface area contributed by atoms with Crippen LogP contribution in [0.25, 0.3) is 10.7 Å². The van der Waals surface area contributed by atoms with Crippen LogP contribution in [-0.2, 0) is 4.79 Å². The summed E-state index contributed by atoms with van der Waals surface area (Å²) in [5, 5.41) is 21.2. The molecule has 1 N–H and O–H groups in total. The Balaban J connectivity index is 2.34. The normalized spacial score (nSPS) is 10.6. The van der Waals surface area contributed by atoms with E-state index in [0.717, 1.165) is 22.5 Å². The third kappa shape index (κ3) is 2.65. The summed E-state index contributed by atoms with van der Waals surface area (Å²) in [6, 6.07) is 3.90. The Morgan fingerprint density at radius 1 is 1.56 bits per heavy atom. The molecule has 6 nitrogen and oxygen atoms in total. The van der Waals surface area contributed by atoms with E-state index in [1.165, 1.54) is 0 Å². The topological polar surface area (TPSA) is 71.2 Å². The lowest BCUT2D eigenvalue weighted by Crippen LogP contribution is -2.26. The Hall–Kier alpha value is -1.54. The summed E-state index contributed by atoms with van der Waals surface area (Å²) in [7, 11) is 3.73. The minimum absolute atomic E-state index is 0.0313. The van der Waals surface area contributed by atoms with Crippen LogP contribution in [0.3, 0.4) is 0 Å². The Kier molecular flexibility index (Phi) is 3.87. The third-order valence-corrected chi connectivity index (χ3v) is 3.85. The van der Waals surface area contributed by atoms with Crippen LogP contribution < -0.4 is 5.01 Å². The summed E-state index contributed by atoms with van der Waals surface area (Å²) < 4.78 is 1.80. The molecule has 2 rings (SSSR count). The molecule has 0 aliphatic carbocycles. The van der Waals surface area contributed by atoms with E-state index in [4.69, 9.17) is 5.11 Å². The SMILES string of the molecule is CN(C)n1c(SCC(=O)O)nnc1-c1cccs1. The highest BCUT2D eigenvalue weighted by atomic mass is 32.2. The van der Waals surface area contributed by atoms with Gasteiger partial charge < -0.3 is 10.1 Å². The number of carbonyl (C=O) groups is 1. The number of carboxylic acid groups (broad SMARTS) is 1. The number of hydrogen-bond donors (Lipinski definition) is 1. The van der Waals surface area contributed by atoms with Crippen LogP contribution in [0.15, 0.2) is 22.7 Å². The van der Waals surface area contributed by atoms with Gasteiger partial charge in [0.2, 0.25) is 5.16 Å². The monoisotopic (exact) mass is 284 g/mol. The first-order valence-electron chi connectivity index (χ1n) is 5.11. The zero-order valence-electron chi connectivity index (χ0n) is 9.90. The molecule has 2 aromatic heterocycles. The van der Waals surface area contributed by atoms with E-state index < -0.39 is 5.97 Å². The van der Waals surface area contributed by atoms with Crippen molar-refractivity contribution in [2.24, 2.45) is 0 Å². The summed E-state index contributed by atoms with van der Waals surface area (Å²) in [4.78, 5) is 11.6. The molecule has 0 aliphatic rings. The van der Waals surface area contributed by atoms with Crippen LogP contribution in [0.4, 0.5) is 0 Å². The van der Waals surface area contributed by atoms with Crippen molar-refractivity contribution in [2.75, 3.05) is 24.9 Å². The van der Waals surface area contributed by atoms with Crippen molar-refractivity contribution in [1.82, 2.24) is 14.9 Å². The summed E-state index contributed by atoms with van der Waals surface area (Å²) in [5.41, 5.74) is 0. The number of nitrogens with zero attached hydrogens (tertiary/aromatic N) is 4. The van der Waals surface area contributed by atoms with Crippen LogP contribution in [0.1, 0.15) is 0 Å². The highest BCUT2D eigenvalue weighted by Crippen LogP contribution is 2.26. The number of thiophene rings is 1. The Bertz CT molecular complexity index is 536. The van der Waals surface area contributed by atoms with Crippen molar-refractivity contribution in [2.45, 2.75) is 5.16 Å². The molecular formula is C10H12N4O2S2. The maximum Gasteiger partial charge on any atom is 0.313 e. The summed E-state index contributed by atoms with van der Waals surface area (Å²) >= 11 is 2.72. The molecule has 0 aliphatic heterocycles. The minimum atomic E-state index is -0.869. The lowest BCUT2D eigenvalue weighted by atomic mass is 10.4. The van der Waals surface area contributed by atoms with Crippen molar-refractivity contribution in [3.63, 3.8) is 0 Å². The number of rotatable bonds is 5. The molecule has 2 aromatic rings. The predicted molar refractivity (Wildman–Crippen MR) is 71.8 cm³/mol. The van der Waals surface area contributed by atoms with Gasteiger partial charge in [0.25, 0.3) is 0 Å². The predicted octanol–water partition coefficient (Wildman–Crippen LogP) is 1.38. The highest BCUT2D eigenvalue weighted by molar-refractivity contribution is 7.99. The van der Waals surface area contributed by atoms with Gasteiger partial charge in [0.1, 0.15) is 0 Å². The molecule has 0 aromatic carbocycles. The molecule has 0 atom stereocenters. The van der Waals surface area contributed by atoms with Gasteiger partial charge in [0.05, 0.1) is 10.6 Å². The second-order valence-electron chi connectivity index (χ2n) is 3.62. The molecule has 0 spiro atoms. The molecule has 2 heterocycles. The van der Waals surface area contributed by atoms with E-state index in [1.807, 2.05) is 36.6 Å². The standard InChI is InChI=1S/C10H12N4O2S2/c1-13(2)14-9(7-4-3-5-17-7)11-12-10(14)18-6-8(15)16/h3-5H,6H2,1-2H3,(H,15,16). The lowest BCUT2D eigenvalue weighted by Gasteiger charge is -2.17. The van der Waals surface area contributed by atoms with Crippen LogP contribution in [-0.4, -0.2) is 45.8 Å². The quantitative estimate of drug-likeness (QED) is 0.836. The summed E-state index contributed by atoms with van der Waals surface area (Å²) in [6.07, 6.45) is 0. The molecule has 0 amide bonds. The summed E-state index contributed by atoms with van der Waals surface area (Å²) in [6.45, 7) is 0. The largest absolute Gasteiger partial charge is 0.481 e. The second kappa shape index (κ2) is 5.40. The fourth-order valence-electron chi connectivity index (χ4n) is 1.40. The van der Waals surface area contributed by atoms with Gasteiger partial charge in [-0.15, -0.1) is 21.5 Å². The number of thioether (sulfide) groups is 1. The fraction of sp³-hybridized carbons (Fsp3) is 0.300. The first kappa shape index (κ1) is 12.9. The van der Waals surface area contributed by atoms with Crippen LogP contribution in [0.5, 0.6) is 0 Å². The molecule has 0 saturated heterocycles. The van der Waals surface area contributed by atoms with Gasteiger partial charge >= 0.3 is 5.97 Å². The van der Waals surface area contributed by atoms with E-state index in [9.17, 15) is 4.79 Å². The van der Waals surface area contributed by atoms with Gasteiger partial charge in [-0.05, 0) is 11.4 Å². The van der Waals surface area contributed by atoms with Gasteiger partial charge in [-0.3, -0.25) is 4.79 Å². The maximum absolute atomic E-state index is 10.6. The van der Waals surface area contributed by atoms with Gasteiger partial charge in [0.15, 0.2) is 5.82 Å². The smallest absolute Gasteiger partial charge is 0.313 e. The highest BCUT2D eigenvalue weighted by Gasteiger charge is 2.17. The van der Waals surface area contributed by atoms with Crippen molar-refractivity contribution in [1.29, 1.82) is 0 Å². The second-order valence-corrected chi connectivity index (χ2v) is 5.52. The first-order chi connectivity index (χ1) is 8.59. The molecule has 96 valence electrons. The Morgan fingerprint density at radius 3 is 2.89 bits per heavy atom. The van der Waals surface area contributed by atoms with E-state index in [-0.39, 0.29) is 5.75 Å². The zero-order chi connectivity index (χ0) is 13.1. The Morgan fingerprint density at radius 2 is 2.33 bits per heavy atom. The van der Waals surface area contributed by atoms with Crippen LogP contribution >= 0.6 is 23.1 Å². The number of aliphatic carboxylic acids is 1. The number of hydrogen-bond acceptors (Lipinski definition) is 6. The van der Waals surface area contributed by atoms with Gasteiger partial charge in [0, 0.05) is 14.1 Å². The molecule has 0 radical (unpaired) electrons. The van der Waals surface area contributed by atoms with Crippen molar-refractivity contribution < 1.29 is 9.90 Å². The van der Waals surface area contributed by atoms with Crippen LogP contribution in [0.2, 0.25) is 0 Å². The van der Waals surface area contributed by atoms with Gasteiger partial charge in [-0.1, -0.05) is 17.8 Å². The fourth-order valence-corrected chi connectivity index (χ4v) is 2.82. The van der Waals surface area contributed by atoms with Crippen molar-refractivity contribution in [3.05, 3.63) is 17.5 Å². The lowest BCUT2D eigenvalue weighted by molar-refractivity contribution is -0.133. The average molecular weight is 284 g/mol. The van der Waals surface area contributed by atoms with E-state index in [1.54, 1.807) is 16.0 Å². The third-order valence-electron chi connectivity index (χ3n) is 2.08. The molecule has 0 unspecified atom stereocenters. The summed E-state index contributed by atoms with van der Waals surface area (Å²) in [5.74, 6) is -0.176. The van der Waals surface area contributed by atoms with Gasteiger partial charge in [-0.25, -0.2) is 4.68 Å². The van der Waals surface area contributed by atoms with Crippen LogP contribution in [0, 0.1) is 0 Å². The molecule has 0 bridgehead atoms. The molecule has 8 heteroatoms. The molecule has 18 heavy (non-hydrogen) atoms. The van der Waals surface area contributed by atoms with E-state index in [2.05, 4.69) is 10.2 Å². The zero-order valence-corrected chi connectivity index (χ0v) is 11.5. The van der Waals surface area contributed by atoms with Gasteiger partial charge in [-0.2, -0.15) is 0 Å². The maximum atomic E-state index is 10.6.